The highest BCUT2D eigenvalue weighted by Gasteiger charge is 2.60. The van der Waals surface area contributed by atoms with E-state index < -0.39 is 5.54 Å². The summed E-state index contributed by atoms with van der Waals surface area (Å²) in [5, 5.41) is 2.85. The maximum absolute atomic E-state index is 13.2. The van der Waals surface area contributed by atoms with Gasteiger partial charge < -0.3 is 15.1 Å². The number of likely N-dealkylation sites (N-methyl/N-ethyl adjacent to an activating group) is 1. The van der Waals surface area contributed by atoms with Gasteiger partial charge in [0.05, 0.1) is 0 Å². The smallest absolute Gasteiger partial charge is 0.317 e. The molecule has 4 rings (SSSR count). The summed E-state index contributed by atoms with van der Waals surface area (Å²) >= 11 is 0. The first-order valence-corrected chi connectivity index (χ1v) is 9.02. The molecule has 2 aliphatic heterocycles. The second-order valence-electron chi connectivity index (χ2n) is 7.55. The number of likely N-dealkylation sites (tertiary alicyclic amines) is 1. The number of rotatable bonds is 2. The Kier molecular flexibility index (Phi) is 3.97. The van der Waals surface area contributed by atoms with Crippen LogP contribution in [-0.4, -0.2) is 53.2 Å². The van der Waals surface area contributed by atoms with Crippen molar-refractivity contribution in [2.24, 2.45) is 16.8 Å². The number of nitrogens with zero attached hydrogens (tertiary/aromatic N) is 3. The lowest BCUT2D eigenvalue weighted by molar-refractivity contribution is -0.131. The minimum atomic E-state index is -0.679. The molecule has 2 heterocycles. The fourth-order valence-corrected chi connectivity index (χ4v) is 4.65. The number of aliphatic imine (C=N–C) groups is 1. The lowest BCUT2D eigenvalue weighted by Crippen LogP contribution is -2.46. The van der Waals surface area contributed by atoms with E-state index in [2.05, 4.69) is 5.32 Å². The molecular formula is C19H23FN4O2. The molecule has 2 fully saturated rings. The van der Waals surface area contributed by atoms with Gasteiger partial charge in [-0.05, 0) is 43.4 Å². The average molecular weight is 358 g/mol. The van der Waals surface area contributed by atoms with Crippen LogP contribution in [0.5, 0.6) is 0 Å². The van der Waals surface area contributed by atoms with Crippen LogP contribution in [0.3, 0.4) is 0 Å². The Hall–Kier alpha value is -2.44. The molecule has 1 aliphatic carbocycles. The lowest BCUT2D eigenvalue weighted by Gasteiger charge is -2.27. The van der Waals surface area contributed by atoms with Crippen LogP contribution in [0.15, 0.2) is 29.3 Å². The number of fused-ring (bicyclic) bond motifs is 2. The topological polar surface area (TPSA) is 65.0 Å². The summed E-state index contributed by atoms with van der Waals surface area (Å²) in [6, 6.07) is 6.03. The van der Waals surface area contributed by atoms with Crippen molar-refractivity contribution in [1.29, 1.82) is 0 Å². The molecule has 0 bridgehead atoms. The van der Waals surface area contributed by atoms with Gasteiger partial charge in [-0.15, -0.1) is 0 Å². The van der Waals surface area contributed by atoms with Crippen molar-refractivity contribution in [3.63, 3.8) is 0 Å². The van der Waals surface area contributed by atoms with E-state index in [1.165, 1.54) is 12.1 Å². The third-order valence-electron chi connectivity index (χ3n) is 6.09. The molecule has 0 aromatic heterocycles. The van der Waals surface area contributed by atoms with Crippen LogP contribution >= 0.6 is 0 Å². The zero-order chi connectivity index (χ0) is 18.5. The zero-order valence-corrected chi connectivity index (χ0v) is 15.0. The predicted molar refractivity (Wildman–Crippen MR) is 95.0 cm³/mol. The first-order valence-electron chi connectivity index (χ1n) is 9.02. The van der Waals surface area contributed by atoms with Crippen LogP contribution in [-0.2, 0) is 11.3 Å². The van der Waals surface area contributed by atoms with Crippen molar-refractivity contribution in [3.8, 4) is 0 Å². The van der Waals surface area contributed by atoms with Gasteiger partial charge in [0.2, 0.25) is 0 Å². The minimum Gasteiger partial charge on any atom is -0.334 e. The molecule has 1 aromatic carbocycles. The normalized spacial score (nSPS) is 30.1. The van der Waals surface area contributed by atoms with E-state index in [1.807, 2.05) is 6.92 Å². The van der Waals surface area contributed by atoms with Gasteiger partial charge in [-0.2, -0.15) is 0 Å². The number of urea groups is 1. The summed E-state index contributed by atoms with van der Waals surface area (Å²) < 4.78 is 13.2. The lowest BCUT2D eigenvalue weighted by atomic mass is 9.85. The third kappa shape index (κ3) is 2.57. The van der Waals surface area contributed by atoms with Crippen molar-refractivity contribution in [2.75, 3.05) is 20.1 Å². The summed E-state index contributed by atoms with van der Waals surface area (Å²) in [4.78, 5) is 33.4. The Labute approximate surface area is 152 Å². The molecule has 7 heteroatoms. The number of benzene rings is 1. The van der Waals surface area contributed by atoms with Crippen LogP contribution in [0.4, 0.5) is 9.18 Å². The second-order valence-corrected chi connectivity index (χ2v) is 7.55. The van der Waals surface area contributed by atoms with E-state index in [0.717, 1.165) is 24.2 Å². The minimum absolute atomic E-state index is 0.0597. The number of carbonyl (C=O) groups is 2. The Morgan fingerprint density at radius 1 is 1.42 bits per heavy atom. The van der Waals surface area contributed by atoms with Crippen molar-refractivity contribution < 1.29 is 14.0 Å². The quantitative estimate of drug-likeness (QED) is 0.879. The average Bonchev–Trinajstić information content (AvgIpc) is 3.24. The molecule has 3 atom stereocenters. The monoisotopic (exact) mass is 358 g/mol. The van der Waals surface area contributed by atoms with E-state index >= 15 is 0 Å². The molecule has 6 nitrogen and oxygen atoms in total. The Bertz CT molecular complexity index is 795. The van der Waals surface area contributed by atoms with E-state index in [1.54, 1.807) is 29.0 Å². The molecule has 1 saturated carbocycles. The number of nitrogens with one attached hydrogen (secondary N) is 1. The van der Waals surface area contributed by atoms with Crippen molar-refractivity contribution >= 4 is 17.8 Å². The summed E-state index contributed by atoms with van der Waals surface area (Å²) in [5.74, 6) is 0.886. The Morgan fingerprint density at radius 3 is 2.92 bits per heavy atom. The maximum Gasteiger partial charge on any atom is 0.317 e. The van der Waals surface area contributed by atoms with Crippen molar-refractivity contribution in [1.82, 2.24) is 15.1 Å². The first kappa shape index (κ1) is 17.0. The molecule has 0 radical (unpaired) electrons. The molecule has 1 saturated heterocycles. The predicted octanol–water partition coefficient (Wildman–Crippen LogP) is 2.01. The van der Waals surface area contributed by atoms with E-state index in [4.69, 9.17) is 4.99 Å². The van der Waals surface area contributed by atoms with E-state index in [0.29, 0.717) is 19.0 Å². The summed E-state index contributed by atoms with van der Waals surface area (Å²) in [6.07, 6.45) is 1.68. The Balaban J connectivity index is 1.42. The van der Waals surface area contributed by atoms with Crippen molar-refractivity contribution in [3.05, 3.63) is 35.6 Å². The molecule has 138 valence electrons. The van der Waals surface area contributed by atoms with Gasteiger partial charge >= 0.3 is 6.03 Å². The van der Waals surface area contributed by atoms with Crippen LogP contribution in [0.25, 0.3) is 0 Å². The fourth-order valence-electron chi connectivity index (χ4n) is 4.65. The highest BCUT2D eigenvalue weighted by molar-refractivity contribution is 6.07. The largest absolute Gasteiger partial charge is 0.334 e. The fraction of sp³-hybridized carbons (Fsp3) is 0.526. The van der Waals surface area contributed by atoms with Gasteiger partial charge in [0.25, 0.3) is 5.91 Å². The number of amides is 3. The molecule has 3 aliphatic rings. The van der Waals surface area contributed by atoms with E-state index in [9.17, 15) is 14.0 Å². The van der Waals surface area contributed by atoms with Crippen LogP contribution < -0.4 is 5.32 Å². The van der Waals surface area contributed by atoms with Gasteiger partial charge in [-0.3, -0.25) is 9.79 Å². The summed E-state index contributed by atoms with van der Waals surface area (Å²) in [6.45, 7) is 3.33. The van der Waals surface area contributed by atoms with Crippen molar-refractivity contribution in [2.45, 2.75) is 31.8 Å². The summed E-state index contributed by atoms with van der Waals surface area (Å²) in [5.41, 5.74) is 0.0446. The van der Waals surface area contributed by atoms with Gasteiger partial charge in [-0.1, -0.05) is 12.1 Å². The Morgan fingerprint density at radius 2 is 2.23 bits per heavy atom. The molecular weight excluding hydrogens is 335 g/mol. The number of hydrogen-bond acceptors (Lipinski definition) is 3. The first-order chi connectivity index (χ1) is 12.4. The van der Waals surface area contributed by atoms with Gasteiger partial charge in [0.15, 0.2) is 0 Å². The van der Waals surface area contributed by atoms with Gasteiger partial charge in [-0.25, -0.2) is 9.18 Å². The van der Waals surface area contributed by atoms with Crippen LogP contribution in [0.2, 0.25) is 0 Å². The summed E-state index contributed by atoms with van der Waals surface area (Å²) in [7, 11) is 1.77. The highest BCUT2D eigenvalue weighted by Crippen LogP contribution is 2.49. The molecule has 1 spiro atoms. The number of amidine groups is 1. The van der Waals surface area contributed by atoms with Gasteiger partial charge in [0, 0.05) is 32.6 Å². The SMILES string of the molecule is CC1=N[C@]2(CC[C@H]3CN(C(=O)NCc4cccc(F)c4)C[C@H]32)C(=O)N1C. The number of halogens is 1. The molecule has 0 unspecified atom stereocenters. The molecule has 1 N–H and O–H groups in total. The van der Waals surface area contributed by atoms with E-state index in [-0.39, 0.29) is 30.2 Å². The molecule has 26 heavy (non-hydrogen) atoms. The number of carbonyl (C=O) groups excluding carboxylic acids is 2. The zero-order valence-electron chi connectivity index (χ0n) is 15.0. The number of hydrogen-bond donors (Lipinski definition) is 1. The maximum atomic E-state index is 13.2. The molecule has 3 amide bonds. The van der Waals surface area contributed by atoms with Crippen LogP contribution in [0.1, 0.15) is 25.3 Å². The third-order valence-corrected chi connectivity index (χ3v) is 6.09. The van der Waals surface area contributed by atoms with Crippen LogP contribution in [0, 0.1) is 17.7 Å². The second kappa shape index (κ2) is 6.07. The standard InChI is InChI=1S/C19H23FN4O2/c1-12-22-19(17(25)23(12)2)7-6-14-10-24(11-16(14)19)18(26)21-9-13-4-3-5-15(20)8-13/h3-5,8,14,16H,6-7,9-11H2,1-2H3,(H,21,26)/t14-,16+,19-/m0/s1. The molecule has 1 aromatic rings. The highest BCUT2D eigenvalue weighted by atomic mass is 19.1. The van der Waals surface area contributed by atoms with Gasteiger partial charge in [0.1, 0.15) is 17.2 Å².